The van der Waals surface area contributed by atoms with Crippen LogP contribution >= 0.6 is 11.6 Å². The number of aromatic amines is 1. The van der Waals surface area contributed by atoms with E-state index in [0.29, 0.717) is 41.2 Å². The molecule has 1 N–H and O–H groups in total. The molecule has 2 heterocycles. The van der Waals surface area contributed by atoms with Gasteiger partial charge in [-0.15, -0.1) is 0 Å². The summed E-state index contributed by atoms with van der Waals surface area (Å²) in [5.41, 5.74) is 0.427. The summed E-state index contributed by atoms with van der Waals surface area (Å²) in [4.78, 5) is 19.4. The van der Waals surface area contributed by atoms with Crippen molar-refractivity contribution in [3.63, 3.8) is 0 Å². The Morgan fingerprint density at radius 3 is 2.83 bits per heavy atom. The molecular weight excluding hydrogens is 395 g/mol. The molecule has 6 nitrogen and oxygen atoms in total. The number of aromatic nitrogens is 3. The van der Waals surface area contributed by atoms with Gasteiger partial charge in [-0.3, -0.25) is 14.3 Å². The van der Waals surface area contributed by atoms with E-state index in [2.05, 4.69) is 10.2 Å². The van der Waals surface area contributed by atoms with Gasteiger partial charge in [-0.1, -0.05) is 30.9 Å². The highest BCUT2D eigenvalue weighted by molar-refractivity contribution is 6.30. The van der Waals surface area contributed by atoms with Crippen LogP contribution in [0.5, 0.6) is 5.75 Å². The fourth-order valence-electron chi connectivity index (χ4n) is 4.51. The van der Waals surface area contributed by atoms with Crippen LogP contribution in [0.25, 0.3) is 0 Å². The van der Waals surface area contributed by atoms with Gasteiger partial charge in [-0.05, 0) is 31.0 Å². The van der Waals surface area contributed by atoms with Crippen LogP contribution in [0.1, 0.15) is 65.9 Å². The molecule has 1 saturated heterocycles. The Morgan fingerprint density at radius 1 is 1.31 bits per heavy atom. The van der Waals surface area contributed by atoms with Crippen LogP contribution in [-0.2, 0) is 0 Å². The van der Waals surface area contributed by atoms with Gasteiger partial charge in [0, 0.05) is 35.9 Å². The van der Waals surface area contributed by atoms with Gasteiger partial charge in [-0.25, -0.2) is 4.98 Å². The van der Waals surface area contributed by atoms with Crippen LogP contribution in [0.2, 0.25) is 5.02 Å². The predicted octanol–water partition coefficient (Wildman–Crippen LogP) is 4.34. The van der Waals surface area contributed by atoms with Crippen molar-refractivity contribution in [1.82, 2.24) is 20.1 Å². The largest absolute Gasteiger partial charge is 0.496 e. The number of nitrogens with one attached hydrogen (secondary N) is 1. The lowest BCUT2D eigenvalue weighted by Crippen LogP contribution is -2.29. The molecule has 29 heavy (non-hydrogen) atoms. The number of rotatable bonds is 5. The lowest BCUT2D eigenvalue weighted by atomic mass is 9.89. The monoisotopic (exact) mass is 420 g/mol. The third-order valence-corrected chi connectivity index (χ3v) is 6.40. The average molecular weight is 421 g/mol. The van der Waals surface area contributed by atoms with E-state index in [-0.39, 0.29) is 17.7 Å². The number of alkyl halides is 1. The molecule has 1 saturated carbocycles. The van der Waals surface area contributed by atoms with Crippen LogP contribution in [0.3, 0.4) is 0 Å². The van der Waals surface area contributed by atoms with Crippen molar-refractivity contribution < 1.29 is 13.9 Å². The van der Waals surface area contributed by atoms with E-state index < -0.39 is 6.67 Å². The number of ether oxygens (including phenoxy) is 1. The zero-order valence-corrected chi connectivity index (χ0v) is 17.3. The van der Waals surface area contributed by atoms with Crippen molar-refractivity contribution in [1.29, 1.82) is 0 Å². The molecule has 4 rings (SSSR count). The Morgan fingerprint density at radius 2 is 2.10 bits per heavy atom. The average Bonchev–Trinajstić information content (AvgIpc) is 3.41. The second-order valence-corrected chi connectivity index (χ2v) is 8.43. The Bertz CT molecular complexity index is 868. The minimum atomic E-state index is -0.508. The van der Waals surface area contributed by atoms with E-state index in [1.165, 1.54) is 26.4 Å². The molecule has 2 atom stereocenters. The third-order valence-electron chi connectivity index (χ3n) is 6.16. The van der Waals surface area contributed by atoms with Crippen LogP contribution in [0.15, 0.2) is 18.2 Å². The van der Waals surface area contributed by atoms with E-state index in [9.17, 15) is 9.18 Å². The van der Waals surface area contributed by atoms with E-state index in [4.69, 9.17) is 21.3 Å². The van der Waals surface area contributed by atoms with E-state index in [1.807, 2.05) is 0 Å². The number of amides is 1. The standard InChI is InChI=1S/C21H26ClFN4O2/c1-29-18-9-15(22)7-8-16(18)21(28)27-11-14(10-23)17(12-27)20-24-19(25-26-20)13-5-3-2-4-6-13/h7-9,13-14,17H,2-6,10-12H2,1H3,(H,24,25,26)/t14-,17-/m1/s1. The van der Waals surface area contributed by atoms with Crippen molar-refractivity contribution in [3.8, 4) is 5.75 Å². The first-order valence-electron chi connectivity index (χ1n) is 10.2. The highest BCUT2D eigenvalue weighted by Gasteiger charge is 2.39. The van der Waals surface area contributed by atoms with Gasteiger partial charge in [0.2, 0.25) is 0 Å². The number of nitrogens with zero attached hydrogens (tertiary/aromatic N) is 3. The number of carbonyl (C=O) groups is 1. The van der Waals surface area contributed by atoms with Crippen molar-refractivity contribution >= 4 is 17.5 Å². The van der Waals surface area contributed by atoms with Gasteiger partial charge >= 0.3 is 0 Å². The maximum Gasteiger partial charge on any atom is 0.257 e. The molecule has 156 valence electrons. The number of methoxy groups -OCH3 is 1. The number of hydrogen-bond donors (Lipinski definition) is 1. The lowest BCUT2D eigenvalue weighted by molar-refractivity contribution is 0.0781. The highest BCUT2D eigenvalue weighted by atomic mass is 35.5. The molecule has 0 unspecified atom stereocenters. The fourth-order valence-corrected chi connectivity index (χ4v) is 4.67. The maximum atomic E-state index is 13.8. The zero-order valence-electron chi connectivity index (χ0n) is 16.5. The topological polar surface area (TPSA) is 71.1 Å². The van der Waals surface area contributed by atoms with Crippen LogP contribution in [0.4, 0.5) is 4.39 Å². The van der Waals surface area contributed by atoms with E-state index >= 15 is 0 Å². The van der Waals surface area contributed by atoms with E-state index in [0.717, 1.165) is 18.7 Å². The molecule has 1 aliphatic heterocycles. The minimum absolute atomic E-state index is 0.188. The molecule has 1 aliphatic carbocycles. The first-order valence-corrected chi connectivity index (χ1v) is 10.6. The third kappa shape index (κ3) is 4.10. The molecule has 0 bridgehead atoms. The van der Waals surface area contributed by atoms with Crippen LogP contribution in [-0.4, -0.2) is 52.9 Å². The minimum Gasteiger partial charge on any atom is -0.496 e. The molecule has 0 spiro atoms. The number of H-pyrrole nitrogens is 1. The van der Waals surface area contributed by atoms with Crippen molar-refractivity contribution in [2.45, 2.75) is 43.9 Å². The summed E-state index contributed by atoms with van der Waals surface area (Å²) in [6.07, 6.45) is 5.89. The summed E-state index contributed by atoms with van der Waals surface area (Å²) >= 11 is 6.00. The summed E-state index contributed by atoms with van der Waals surface area (Å²) < 4.78 is 19.1. The van der Waals surface area contributed by atoms with Gasteiger partial charge < -0.3 is 9.64 Å². The lowest BCUT2D eigenvalue weighted by Gasteiger charge is -2.18. The van der Waals surface area contributed by atoms with E-state index in [1.54, 1.807) is 23.1 Å². The SMILES string of the molecule is COc1cc(Cl)ccc1C(=O)N1C[C@@H](CF)[C@H](c2nc(C3CCCCC3)n[nH]2)C1. The summed E-state index contributed by atoms with van der Waals surface area (Å²) in [5, 5.41) is 7.95. The first kappa shape index (κ1) is 20.1. The van der Waals surface area contributed by atoms with Gasteiger partial charge in [0.1, 0.15) is 11.6 Å². The quantitative estimate of drug-likeness (QED) is 0.781. The molecular formula is C21H26ClFN4O2. The molecule has 0 radical (unpaired) electrons. The summed E-state index contributed by atoms with van der Waals surface area (Å²) in [6, 6.07) is 4.92. The summed E-state index contributed by atoms with van der Waals surface area (Å²) in [7, 11) is 1.50. The van der Waals surface area contributed by atoms with Gasteiger partial charge in [0.25, 0.3) is 5.91 Å². The second-order valence-electron chi connectivity index (χ2n) is 7.99. The normalized spacial score (nSPS) is 22.8. The van der Waals surface area contributed by atoms with Crippen LogP contribution < -0.4 is 4.74 Å². The summed E-state index contributed by atoms with van der Waals surface area (Å²) in [6.45, 7) is 0.232. The van der Waals surface area contributed by atoms with Crippen molar-refractivity contribution in [2.75, 3.05) is 26.9 Å². The summed E-state index contributed by atoms with van der Waals surface area (Å²) in [5.74, 6) is 1.65. The van der Waals surface area contributed by atoms with Crippen LogP contribution in [0, 0.1) is 5.92 Å². The van der Waals surface area contributed by atoms with Gasteiger partial charge in [0.05, 0.1) is 19.3 Å². The van der Waals surface area contributed by atoms with Crippen molar-refractivity contribution in [3.05, 3.63) is 40.4 Å². The molecule has 2 fully saturated rings. The number of carbonyl (C=O) groups excluding carboxylic acids is 1. The molecule has 1 aromatic carbocycles. The van der Waals surface area contributed by atoms with Gasteiger partial charge in [0.15, 0.2) is 5.82 Å². The maximum absolute atomic E-state index is 13.8. The number of halogens is 2. The molecule has 2 aliphatic rings. The fraction of sp³-hybridized carbons (Fsp3) is 0.571. The Labute approximate surface area is 174 Å². The number of hydrogen-bond acceptors (Lipinski definition) is 4. The Kier molecular flexibility index (Phi) is 6.04. The smallest absolute Gasteiger partial charge is 0.257 e. The highest BCUT2D eigenvalue weighted by Crippen LogP contribution is 2.36. The molecule has 1 amide bonds. The number of benzene rings is 1. The second kappa shape index (κ2) is 8.69. The number of likely N-dealkylation sites (tertiary alicyclic amines) is 1. The molecule has 1 aromatic heterocycles. The zero-order chi connectivity index (χ0) is 20.4. The molecule has 2 aromatic rings. The Balaban J connectivity index is 1.52. The van der Waals surface area contributed by atoms with Gasteiger partial charge in [-0.2, -0.15) is 5.10 Å². The first-order chi connectivity index (χ1) is 14.1. The Hall–Kier alpha value is -2.15. The van der Waals surface area contributed by atoms with Crippen molar-refractivity contribution in [2.24, 2.45) is 5.92 Å². The predicted molar refractivity (Wildman–Crippen MR) is 108 cm³/mol. The molecule has 8 heteroatoms.